The predicted molar refractivity (Wildman–Crippen MR) is 117 cm³/mol. The molecule has 0 aromatic heterocycles. The van der Waals surface area contributed by atoms with Gasteiger partial charge in [-0.05, 0) is 28.5 Å². The third-order valence-corrected chi connectivity index (χ3v) is 4.85. The molecule has 0 bridgehead atoms. The Labute approximate surface area is 175 Å². The number of hydrogen-bond donors (Lipinski definition) is 0. The third-order valence-electron chi connectivity index (χ3n) is 4.85. The normalized spacial score (nSPS) is 10.7. The van der Waals surface area contributed by atoms with E-state index in [-0.39, 0.29) is 19.4 Å². The minimum atomic E-state index is -0.375. The number of methoxy groups -OCH3 is 1. The Kier molecular flexibility index (Phi) is 6.06. The van der Waals surface area contributed by atoms with Gasteiger partial charge in [0.1, 0.15) is 12.4 Å². The Bertz CT molecular complexity index is 1150. The molecule has 0 unspecified atom stereocenters. The zero-order valence-electron chi connectivity index (χ0n) is 16.7. The molecule has 4 heteroatoms. The summed E-state index contributed by atoms with van der Waals surface area (Å²) in [5.41, 5.74) is 3.04. The molecule has 0 spiro atoms. The van der Waals surface area contributed by atoms with Gasteiger partial charge in [0.15, 0.2) is 6.79 Å². The lowest BCUT2D eigenvalue weighted by Gasteiger charge is -2.16. The molecule has 0 fully saturated rings. The Morgan fingerprint density at radius 2 is 1.53 bits per heavy atom. The first-order valence-corrected chi connectivity index (χ1v) is 9.72. The number of ether oxygens (including phenoxy) is 3. The highest BCUT2D eigenvalue weighted by Gasteiger charge is 2.19. The van der Waals surface area contributed by atoms with Crippen molar-refractivity contribution in [3.05, 3.63) is 102 Å². The second-order valence-corrected chi connectivity index (χ2v) is 6.82. The number of carbonyl (C=O) groups is 1. The molecule has 4 nitrogen and oxygen atoms in total. The standard InChI is InChI=1S/C26H22O4/c1-28-18-30-24-16-15-20-11-5-6-12-21(20)25(24)22-13-7-8-14-23(22)26(27)29-17-19-9-3-2-4-10-19/h2-16H,17-18H2,1H3. The maximum atomic E-state index is 13.0. The van der Waals surface area contributed by atoms with Crippen LogP contribution in [0.15, 0.2) is 91.0 Å². The largest absolute Gasteiger partial charge is 0.467 e. The van der Waals surface area contributed by atoms with Crippen LogP contribution in [0.4, 0.5) is 0 Å². The van der Waals surface area contributed by atoms with Gasteiger partial charge in [0.25, 0.3) is 0 Å². The van der Waals surface area contributed by atoms with E-state index in [1.54, 1.807) is 13.2 Å². The van der Waals surface area contributed by atoms with Crippen molar-refractivity contribution in [2.45, 2.75) is 6.61 Å². The lowest BCUT2D eigenvalue weighted by Crippen LogP contribution is -2.08. The molecule has 150 valence electrons. The number of benzene rings is 4. The zero-order chi connectivity index (χ0) is 20.8. The van der Waals surface area contributed by atoms with Crippen molar-refractivity contribution in [3.63, 3.8) is 0 Å². The van der Waals surface area contributed by atoms with E-state index in [1.807, 2.05) is 84.9 Å². The van der Waals surface area contributed by atoms with Gasteiger partial charge in [-0.15, -0.1) is 0 Å². The molecule has 0 N–H and O–H groups in total. The molecule has 30 heavy (non-hydrogen) atoms. The highest BCUT2D eigenvalue weighted by atomic mass is 16.7. The van der Waals surface area contributed by atoms with Crippen LogP contribution < -0.4 is 4.74 Å². The summed E-state index contributed by atoms with van der Waals surface area (Å²) in [7, 11) is 1.58. The first-order chi connectivity index (χ1) is 14.8. The van der Waals surface area contributed by atoms with Crippen LogP contribution in [0, 0.1) is 0 Å². The molecule has 4 aromatic rings. The van der Waals surface area contributed by atoms with Crippen LogP contribution in [0.3, 0.4) is 0 Å². The van der Waals surface area contributed by atoms with Crippen molar-refractivity contribution in [2.24, 2.45) is 0 Å². The molecule has 4 rings (SSSR count). The summed E-state index contributed by atoms with van der Waals surface area (Å²) in [5, 5.41) is 2.05. The van der Waals surface area contributed by atoms with Gasteiger partial charge in [0.2, 0.25) is 0 Å². The number of fused-ring (bicyclic) bond motifs is 1. The molecule has 0 aliphatic rings. The Morgan fingerprint density at radius 1 is 0.800 bits per heavy atom. The van der Waals surface area contributed by atoms with Gasteiger partial charge in [0, 0.05) is 18.2 Å². The van der Waals surface area contributed by atoms with Gasteiger partial charge >= 0.3 is 5.97 Å². The summed E-state index contributed by atoms with van der Waals surface area (Å²) in [4.78, 5) is 13.0. The van der Waals surface area contributed by atoms with Gasteiger partial charge in [0.05, 0.1) is 5.56 Å². The summed E-state index contributed by atoms with van der Waals surface area (Å²) in [6.07, 6.45) is 0. The lowest BCUT2D eigenvalue weighted by molar-refractivity contribution is 0.0473. The fourth-order valence-corrected chi connectivity index (χ4v) is 3.45. The zero-order valence-corrected chi connectivity index (χ0v) is 16.7. The van der Waals surface area contributed by atoms with E-state index >= 15 is 0 Å². The van der Waals surface area contributed by atoms with Crippen LogP contribution in [-0.4, -0.2) is 19.9 Å². The van der Waals surface area contributed by atoms with E-state index < -0.39 is 0 Å². The summed E-state index contributed by atoms with van der Waals surface area (Å²) < 4.78 is 16.5. The number of carbonyl (C=O) groups excluding carboxylic acids is 1. The molecule has 0 heterocycles. The van der Waals surface area contributed by atoms with Gasteiger partial charge in [-0.3, -0.25) is 0 Å². The number of hydrogen-bond acceptors (Lipinski definition) is 4. The first kappa shape index (κ1) is 19.7. The fraction of sp³-hybridized carbons (Fsp3) is 0.115. The highest BCUT2D eigenvalue weighted by molar-refractivity contribution is 6.06. The predicted octanol–water partition coefficient (Wildman–Crippen LogP) is 5.85. The maximum Gasteiger partial charge on any atom is 0.339 e. The number of esters is 1. The molecule has 4 aromatic carbocycles. The van der Waals surface area contributed by atoms with Gasteiger partial charge in [-0.1, -0.05) is 78.9 Å². The molecule has 0 amide bonds. The SMILES string of the molecule is COCOc1ccc2ccccc2c1-c1ccccc1C(=O)OCc1ccccc1. The summed E-state index contributed by atoms with van der Waals surface area (Å²) in [6, 6.07) is 29.0. The minimum Gasteiger partial charge on any atom is -0.467 e. The van der Waals surface area contributed by atoms with Crippen molar-refractivity contribution < 1.29 is 19.0 Å². The van der Waals surface area contributed by atoms with Crippen molar-refractivity contribution >= 4 is 16.7 Å². The van der Waals surface area contributed by atoms with Crippen LogP contribution in [0.1, 0.15) is 15.9 Å². The summed E-state index contributed by atoms with van der Waals surface area (Å²) in [6.45, 7) is 0.336. The summed E-state index contributed by atoms with van der Waals surface area (Å²) >= 11 is 0. The van der Waals surface area contributed by atoms with Crippen LogP contribution in [0.2, 0.25) is 0 Å². The van der Waals surface area contributed by atoms with Crippen molar-refractivity contribution in [1.82, 2.24) is 0 Å². The Balaban J connectivity index is 1.76. The second-order valence-electron chi connectivity index (χ2n) is 6.82. The third kappa shape index (κ3) is 4.19. The van der Waals surface area contributed by atoms with Crippen LogP contribution in [0.5, 0.6) is 5.75 Å². The average Bonchev–Trinajstić information content (AvgIpc) is 2.81. The molecule has 0 aliphatic carbocycles. The van der Waals surface area contributed by atoms with Gasteiger partial charge < -0.3 is 14.2 Å². The molecular formula is C26H22O4. The van der Waals surface area contributed by atoms with E-state index in [4.69, 9.17) is 14.2 Å². The Hall–Kier alpha value is -3.63. The molecule has 0 aliphatic heterocycles. The lowest BCUT2D eigenvalue weighted by atomic mass is 9.93. The first-order valence-electron chi connectivity index (χ1n) is 9.72. The molecule has 0 saturated heterocycles. The van der Waals surface area contributed by atoms with Crippen molar-refractivity contribution in [3.8, 4) is 16.9 Å². The quantitative estimate of drug-likeness (QED) is 0.289. The van der Waals surface area contributed by atoms with Gasteiger partial charge in [-0.25, -0.2) is 4.79 Å². The average molecular weight is 398 g/mol. The fourth-order valence-electron chi connectivity index (χ4n) is 3.45. The Morgan fingerprint density at radius 3 is 2.37 bits per heavy atom. The summed E-state index contributed by atoms with van der Waals surface area (Å²) in [5.74, 6) is 0.277. The highest BCUT2D eigenvalue weighted by Crippen LogP contribution is 2.39. The number of rotatable bonds is 7. The smallest absolute Gasteiger partial charge is 0.339 e. The minimum absolute atomic E-state index is 0.117. The van der Waals surface area contributed by atoms with E-state index in [1.165, 1.54) is 0 Å². The van der Waals surface area contributed by atoms with E-state index in [0.29, 0.717) is 11.3 Å². The van der Waals surface area contributed by atoms with E-state index in [9.17, 15) is 4.79 Å². The van der Waals surface area contributed by atoms with E-state index in [2.05, 4.69) is 0 Å². The topological polar surface area (TPSA) is 44.8 Å². The van der Waals surface area contributed by atoms with Crippen LogP contribution in [0.25, 0.3) is 21.9 Å². The van der Waals surface area contributed by atoms with Crippen molar-refractivity contribution in [1.29, 1.82) is 0 Å². The van der Waals surface area contributed by atoms with Crippen molar-refractivity contribution in [2.75, 3.05) is 13.9 Å². The second kappa shape index (κ2) is 9.25. The molecular weight excluding hydrogens is 376 g/mol. The molecule has 0 atom stereocenters. The maximum absolute atomic E-state index is 13.0. The molecule has 0 radical (unpaired) electrons. The molecule has 0 saturated carbocycles. The van der Waals surface area contributed by atoms with Gasteiger partial charge in [-0.2, -0.15) is 0 Å². The van der Waals surface area contributed by atoms with E-state index in [0.717, 1.165) is 27.5 Å². The van der Waals surface area contributed by atoms with Crippen LogP contribution >= 0.6 is 0 Å². The van der Waals surface area contributed by atoms with Crippen LogP contribution in [-0.2, 0) is 16.1 Å². The monoisotopic (exact) mass is 398 g/mol.